The first kappa shape index (κ1) is 9.33. The largest absolute Gasteiger partial charge is 0.354 e. The molecule has 0 saturated heterocycles. The Labute approximate surface area is 76.8 Å². The van der Waals surface area contributed by atoms with Gasteiger partial charge in [-0.2, -0.15) is 0 Å². The summed E-state index contributed by atoms with van der Waals surface area (Å²) < 4.78 is 1.99. The maximum atomic E-state index is 10.7. The normalized spacial score (nSPS) is 10.1. The van der Waals surface area contributed by atoms with Gasteiger partial charge < -0.3 is 4.57 Å². The van der Waals surface area contributed by atoms with E-state index in [1.807, 2.05) is 4.57 Å². The van der Waals surface area contributed by atoms with Crippen LogP contribution < -0.4 is 5.43 Å². The summed E-state index contributed by atoms with van der Waals surface area (Å²) in [5.41, 5.74) is 0.0589. The van der Waals surface area contributed by atoms with Crippen LogP contribution in [0.4, 0.5) is 0 Å². The third kappa shape index (κ3) is 3.09. The van der Waals surface area contributed by atoms with Gasteiger partial charge in [0.2, 0.25) is 0 Å². The molecule has 0 aromatic carbocycles. The lowest BCUT2D eigenvalue weighted by Gasteiger charge is -2.03. The standard InChI is InChI=1S/C9H12ClNO/c10-5-1-2-6-11-7-3-9(12)4-8-11/h3-4,7-8H,1-2,5-6H2. The topological polar surface area (TPSA) is 22.0 Å². The van der Waals surface area contributed by atoms with Crippen molar-refractivity contribution in [3.63, 3.8) is 0 Å². The molecule has 1 heterocycles. The van der Waals surface area contributed by atoms with Crippen LogP contribution in [-0.4, -0.2) is 10.4 Å². The van der Waals surface area contributed by atoms with Gasteiger partial charge in [-0.1, -0.05) is 0 Å². The number of alkyl halides is 1. The molecule has 0 spiro atoms. The van der Waals surface area contributed by atoms with Crippen molar-refractivity contribution in [1.29, 1.82) is 0 Å². The molecule has 0 radical (unpaired) electrons. The van der Waals surface area contributed by atoms with Crippen molar-refractivity contribution in [1.82, 2.24) is 4.57 Å². The van der Waals surface area contributed by atoms with Crippen molar-refractivity contribution >= 4 is 11.6 Å². The number of pyridine rings is 1. The molecule has 1 aromatic heterocycles. The molecule has 1 rings (SSSR count). The highest BCUT2D eigenvalue weighted by Crippen LogP contribution is 1.95. The second kappa shape index (κ2) is 4.99. The SMILES string of the molecule is O=c1ccn(CCCCCl)cc1. The highest BCUT2D eigenvalue weighted by Gasteiger charge is 1.88. The highest BCUT2D eigenvalue weighted by molar-refractivity contribution is 6.17. The van der Waals surface area contributed by atoms with Crippen LogP contribution in [0.1, 0.15) is 12.8 Å². The zero-order valence-electron chi connectivity index (χ0n) is 6.87. The Bertz CT molecular complexity index is 262. The quantitative estimate of drug-likeness (QED) is 0.519. The fourth-order valence-electron chi connectivity index (χ4n) is 0.982. The Morgan fingerprint density at radius 2 is 1.92 bits per heavy atom. The van der Waals surface area contributed by atoms with Crippen LogP contribution in [0, 0.1) is 0 Å². The summed E-state index contributed by atoms with van der Waals surface area (Å²) in [5, 5.41) is 0. The van der Waals surface area contributed by atoms with Gasteiger partial charge in [0.05, 0.1) is 0 Å². The van der Waals surface area contributed by atoms with Gasteiger partial charge in [-0.15, -0.1) is 11.6 Å². The molecule has 3 heteroatoms. The van der Waals surface area contributed by atoms with Gasteiger partial charge in [-0.3, -0.25) is 4.79 Å². The van der Waals surface area contributed by atoms with Gasteiger partial charge in [0.15, 0.2) is 5.43 Å². The third-order valence-corrected chi connectivity index (χ3v) is 1.93. The molecule has 0 unspecified atom stereocenters. The van der Waals surface area contributed by atoms with Crippen LogP contribution >= 0.6 is 11.6 Å². The molecule has 66 valence electrons. The Hall–Kier alpha value is -0.760. The van der Waals surface area contributed by atoms with Crippen LogP contribution in [0.15, 0.2) is 29.3 Å². The van der Waals surface area contributed by atoms with E-state index in [0.29, 0.717) is 5.88 Å². The Morgan fingerprint density at radius 3 is 2.50 bits per heavy atom. The summed E-state index contributed by atoms with van der Waals surface area (Å²) in [6, 6.07) is 3.14. The van der Waals surface area contributed by atoms with Gasteiger partial charge in [0.25, 0.3) is 0 Å². The fraction of sp³-hybridized carbons (Fsp3) is 0.444. The molecule has 0 bridgehead atoms. The van der Waals surface area contributed by atoms with E-state index in [0.717, 1.165) is 19.4 Å². The molecule has 12 heavy (non-hydrogen) atoms. The van der Waals surface area contributed by atoms with Gasteiger partial charge in [-0.05, 0) is 12.8 Å². The monoisotopic (exact) mass is 185 g/mol. The Kier molecular flexibility index (Phi) is 3.88. The maximum absolute atomic E-state index is 10.7. The van der Waals surface area contributed by atoms with Crippen molar-refractivity contribution in [2.75, 3.05) is 5.88 Å². The van der Waals surface area contributed by atoms with E-state index in [1.165, 1.54) is 0 Å². The van der Waals surface area contributed by atoms with Crippen LogP contribution in [0.2, 0.25) is 0 Å². The Morgan fingerprint density at radius 1 is 1.25 bits per heavy atom. The molecule has 0 fully saturated rings. The maximum Gasteiger partial charge on any atom is 0.181 e. The van der Waals surface area contributed by atoms with Crippen LogP contribution in [0.3, 0.4) is 0 Å². The summed E-state index contributed by atoms with van der Waals surface area (Å²) in [4.78, 5) is 10.7. The molecule has 1 aromatic rings. The van der Waals surface area contributed by atoms with E-state index in [9.17, 15) is 4.79 Å². The minimum atomic E-state index is 0.0589. The average molecular weight is 186 g/mol. The predicted octanol–water partition coefficient (Wildman–Crippen LogP) is 1.87. The summed E-state index contributed by atoms with van der Waals surface area (Å²) in [6.07, 6.45) is 5.69. The lowest BCUT2D eigenvalue weighted by molar-refractivity contribution is 0.630. The summed E-state index contributed by atoms with van der Waals surface area (Å²) in [6.45, 7) is 0.938. The lowest BCUT2D eigenvalue weighted by atomic mass is 10.3. The molecule has 0 N–H and O–H groups in total. The second-order valence-corrected chi connectivity index (χ2v) is 3.05. The first-order chi connectivity index (χ1) is 5.83. The second-order valence-electron chi connectivity index (χ2n) is 2.67. The van der Waals surface area contributed by atoms with Crippen molar-refractivity contribution in [3.8, 4) is 0 Å². The number of hydrogen-bond acceptors (Lipinski definition) is 1. The van der Waals surface area contributed by atoms with E-state index < -0.39 is 0 Å². The summed E-state index contributed by atoms with van der Waals surface area (Å²) >= 11 is 5.53. The Balaban J connectivity index is 2.42. The van der Waals surface area contributed by atoms with Gasteiger partial charge in [0.1, 0.15) is 0 Å². The number of hydrogen-bond donors (Lipinski definition) is 0. The zero-order valence-corrected chi connectivity index (χ0v) is 7.63. The molecular weight excluding hydrogens is 174 g/mol. The molecule has 0 amide bonds. The van der Waals surface area contributed by atoms with Crippen molar-refractivity contribution in [2.45, 2.75) is 19.4 Å². The van der Waals surface area contributed by atoms with Crippen molar-refractivity contribution in [2.24, 2.45) is 0 Å². The number of unbranched alkanes of at least 4 members (excludes halogenated alkanes) is 1. The molecule has 0 saturated carbocycles. The van der Waals surface area contributed by atoms with E-state index >= 15 is 0 Å². The van der Waals surface area contributed by atoms with Crippen molar-refractivity contribution in [3.05, 3.63) is 34.7 Å². The number of aromatic nitrogens is 1. The number of nitrogens with zero attached hydrogens (tertiary/aromatic N) is 1. The molecule has 0 aliphatic carbocycles. The van der Waals surface area contributed by atoms with E-state index in [2.05, 4.69) is 0 Å². The molecule has 0 atom stereocenters. The van der Waals surface area contributed by atoms with Gasteiger partial charge >= 0.3 is 0 Å². The molecule has 0 aliphatic heterocycles. The third-order valence-electron chi connectivity index (χ3n) is 1.66. The summed E-state index contributed by atoms with van der Waals surface area (Å²) in [7, 11) is 0. The smallest absolute Gasteiger partial charge is 0.181 e. The number of halogens is 1. The zero-order chi connectivity index (χ0) is 8.81. The molecular formula is C9H12ClNO. The number of rotatable bonds is 4. The minimum absolute atomic E-state index is 0.0589. The minimum Gasteiger partial charge on any atom is -0.354 e. The first-order valence-corrected chi connectivity index (χ1v) is 4.58. The highest BCUT2D eigenvalue weighted by atomic mass is 35.5. The fourth-order valence-corrected chi connectivity index (χ4v) is 1.17. The lowest BCUT2D eigenvalue weighted by Crippen LogP contribution is -2.03. The molecule has 0 aliphatic rings. The van der Waals surface area contributed by atoms with Crippen LogP contribution in [-0.2, 0) is 6.54 Å². The summed E-state index contributed by atoms with van der Waals surface area (Å²) in [5.74, 6) is 0.709. The van der Waals surface area contributed by atoms with Crippen LogP contribution in [0.5, 0.6) is 0 Å². The van der Waals surface area contributed by atoms with Crippen molar-refractivity contribution < 1.29 is 0 Å². The van der Waals surface area contributed by atoms with E-state index in [-0.39, 0.29) is 5.43 Å². The van der Waals surface area contributed by atoms with E-state index in [4.69, 9.17) is 11.6 Å². The number of aryl methyl sites for hydroxylation is 1. The predicted molar refractivity (Wildman–Crippen MR) is 50.7 cm³/mol. The van der Waals surface area contributed by atoms with Gasteiger partial charge in [-0.25, -0.2) is 0 Å². The van der Waals surface area contributed by atoms with Crippen LogP contribution in [0.25, 0.3) is 0 Å². The average Bonchev–Trinajstić information content (AvgIpc) is 2.09. The van der Waals surface area contributed by atoms with Gasteiger partial charge in [0, 0.05) is 37.0 Å². The molecule has 2 nitrogen and oxygen atoms in total. The van der Waals surface area contributed by atoms with E-state index in [1.54, 1.807) is 24.5 Å². The first-order valence-electron chi connectivity index (χ1n) is 4.05.